The first kappa shape index (κ1) is 11.3. The molecule has 0 saturated carbocycles. The lowest BCUT2D eigenvalue weighted by atomic mass is 10.4. The van der Waals surface area contributed by atoms with Crippen molar-refractivity contribution in [1.29, 1.82) is 0 Å². The van der Waals surface area contributed by atoms with Crippen molar-refractivity contribution in [1.82, 2.24) is 14.8 Å². The van der Waals surface area contributed by atoms with E-state index in [1.165, 1.54) is 10.9 Å². The van der Waals surface area contributed by atoms with Crippen molar-refractivity contribution in [2.24, 2.45) is 7.05 Å². The summed E-state index contributed by atoms with van der Waals surface area (Å²) in [5, 5.41) is 16.1. The lowest BCUT2D eigenvalue weighted by Gasteiger charge is -2.12. The third-order valence-electron chi connectivity index (χ3n) is 1.42. The van der Waals surface area contributed by atoms with Crippen molar-refractivity contribution >= 4 is 11.8 Å². The molecule has 0 amide bonds. The number of rotatable bonds is 3. The predicted octanol–water partition coefficient (Wildman–Crippen LogP) is 0.830. The minimum Gasteiger partial charge on any atom is -0.383 e. The Labute approximate surface area is 82.1 Å². The van der Waals surface area contributed by atoms with Gasteiger partial charge in [-0.2, -0.15) is 13.2 Å². The molecule has 1 aromatic heterocycles. The number of aliphatic hydroxyl groups excluding tert-OH is 1. The molecular weight excluding hydrogens is 219 g/mol. The number of alkyl halides is 3. The van der Waals surface area contributed by atoms with Crippen LogP contribution in [0.1, 0.15) is 0 Å². The second-order valence-electron chi connectivity index (χ2n) is 2.59. The molecule has 1 unspecified atom stereocenters. The van der Waals surface area contributed by atoms with Crippen LogP contribution in [0.2, 0.25) is 0 Å². The van der Waals surface area contributed by atoms with E-state index in [2.05, 4.69) is 10.2 Å². The average molecular weight is 227 g/mol. The van der Waals surface area contributed by atoms with Gasteiger partial charge >= 0.3 is 6.18 Å². The Hall–Kier alpha value is -0.760. The highest BCUT2D eigenvalue weighted by molar-refractivity contribution is 7.99. The van der Waals surface area contributed by atoms with Crippen LogP contribution in [-0.2, 0) is 7.05 Å². The van der Waals surface area contributed by atoms with E-state index in [9.17, 15) is 13.2 Å². The van der Waals surface area contributed by atoms with Crippen LogP contribution in [-0.4, -0.2) is 37.9 Å². The predicted molar refractivity (Wildman–Crippen MR) is 43.8 cm³/mol. The van der Waals surface area contributed by atoms with Crippen LogP contribution >= 0.6 is 11.8 Å². The molecule has 0 fully saturated rings. The molecule has 0 aliphatic heterocycles. The Bertz CT molecular complexity index is 301. The van der Waals surface area contributed by atoms with E-state index in [0.717, 1.165) is 11.8 Å². The minimum absolute atomic E-state index is 0.341. The molecule has 4 nitrogen and oxygen atoms in total. The topological polar surface area (TPSA) is 50.9 Å². The van der Waals surface area contributed by atoms with Crippen molar-refractivity contribution in [3.8, 4) is 0 Å². The summed E-state index contributed by atoms with van der Waals surface area (Å²) in [5.41, 5.74) is 0. The molecule has 1 heterocycles. The van der Waals surface area contributed by atoms with Crippen LogP contribution in [0, 0.1) is 0 Å². The van der Waals surface area contributed by atoms with Crippen molar-refractivity contribution in [2.75, 3.05) is 5.75 Å². The van der Waals surface area contributed by atoms with Gasteiger partial charge in [-0.1, -0.05) is 11.8 Å². The normalized spacial score (nSPS) is 14.4. The first-order valence-electron chi connectivity index (χ1n) is 3.63. The van der Waals surface area contributed by atoms with Gasteiger partial charge in [0.05, 0.1) is 0 Å². The maximum atomic E-state index is 11.9. The molecule has 1 N–H and O–H groups in total. The van der Waals surface area contributed by atoms with Crippen molar-refractivity contribution in [3.63, 3.8) is 0 Å². The second kappa shape index (κ2) is 4.18. The van der Waals surface area contributed by atoms with Gasteiger partial charge in [-0.3, -0.25) is 0 Å². The molecule has 14 heavy (non-hydrogen) atoms. The number of hydrogen-bond donors (Lipinski definition) is 1. The Balaban J connectivity index is 2.46. The van der Waals surface area contributed by atoms with Gasteiger partial charge in [0, 0.05) is 12.8 Å². The maximum absolute atomic E-state index is 11.9. The van der Waals surface area contributed by atoms with E-state index in [4.69, 9.17) is 5.11 Å². The van der Waals surface area contributed by atoms with E-state index >= 15 is 0 Å². The molecule has 0 bridgehead atoms. The number of halogens is 3. The first-order chi connectivity index (χ1) is 6.41. The van der Waals surface area contributed by atoms with Crippen LogP contribution in [0.15, 0.2) is 11.5 Å². The Morgan fingerprint density at radius 2 is 2.29 bits per heavy atom. The van der Waals surface area contributed by atoms with Gasteiger partial charge < -0.3 is 9.67 Å². The number of aromatic nitrogens is 3. The molecule has 0 spiro atoms. The van der Waals surface area contributed by atoms with Crippen LogP contribution < -0.4 is 0 Å². The molecule has 0 aliphatic carbocycles. The summed E-state index contributed by atoms with van der Waals surface area (Å²) in [6.45, 7) is 0. The van der Waals surface area contributed by atoms with Gasteiger partial charge in [0.2, 0.25) is 0 Å². The quantitative estimate of drug-likeness (QED) is 0.777. The standard InChI is InChI=1S/C6H8F3N3OS/c1-12-3-10-11-5(12)14-2-4(13)6(7,8)9/h3-4,13H,2H2,1H3. The highest BCUT2D eigenvalue weighted by Crippen LogP contribution is 2.25. The van der Waals surface area contributed by atoms with Crippen LogP contribution in [0.5, 0.6) is 0 Å². The van der Waals surface area contributed by atoms with E-state index in [1.807, 2.05) is 0 Å². The molecule has 1 aromatic rings. The average Bonchev–Trinajstić information content (AvgIpc) is 2.45. The molecule has 1 atom stereocenters. The third kappa shape index (κ3) is 2.88. The smallest absolute Gasteiger partial charge is 0.383 e. The summed E-state index contributed by atoms with van der Waals surface area (Å²) in [4.78, 5) is 0. The van der Waals surface area contributed by atoms with Crippen molar-refractivity contribution < 1.29 is 18.3 Å². The molecule has 80 valence electrons. The number of aliphatic hydroxyl groups is 1. The van der Waals surface area contributed by atoms with E-state index in [-0.39, 0.29) is 0 Å². The first-order valence-corrected chi connectivity index (χ1v) is 4.61. The fourth-order valence-corrected chi connectivity index (χ4v) is 1.50. The Kier molecular flexibility index (Phi) is 3.38. The van der Waals surface area contributed by atoms with Gasteiger partial charge in [-0.25, -0.2) is 0 Å². The van der Waals surface area contributed by atoms with Gasteiger partial charge in [0.15, 0.2) is 11.3 Å². The second-order valence-corrected chi connectivity index (χ2v) is 3.58. The van der Waals surface area contributed by atoms with Crippen molar-refractivity contribution in [3.05, 3.63) is 6.33 Å². The van der Waals surface area contributed by atoms with Gasteiger partial charge in [0.25, 0.3) is 0 Å². The SMILES string of the molecule is Cn1cnnc1SCC(O)C(F)(F)F. The summed E-state index contributed by atoms with van der Waals surface area (Å²) in [6.07, 6.45) is -5.53. The summed E-state index contributed by atoms with van der Waals surface area (Å²) in [5.74, 6) is -0.476. The molecule has 8 heteroatoms. The largest absolute Gasteiger partial charge is 0.415 e. The Morgan fingerprint density at radius 1 is 1.64 bits per heavy atom. The molecule has 0 aromatic carbocycles. The summed E-state index contributed by atoms with van der Waals surface area (Å²) in [6, 6.07) is 0. The molecule has 0 radical (unpaired) electrons. The summed E-state index contributed by atoms with van der Waals surface area (Å²) in [7, 11) is 1.61. The monoisotopic (exact) mass is 227 g/mol. The van der Waals surface area contributed by atoms with E-state index in [0.29, 0.717) is 5.16 Å². The number of nitrogens with zero attached hydrogens (tertiary/aromatic N) is 3. The van der Waals surface area contributed by atoms with Crippen LogP contribution in [0.3, 0.4) is 0 Å². The highest BCUT2D eigenvalue weighted by Gasteiger charge is 2.38. The molecule has 1 rings (SSSR count). The van der Waals surface area contributed by atoms with Gasteiger partial charge in [0.1, 0.15) is 6.33 Å². The maximum Gasteiger partial charge on any atom is 0.415 e. The molecule has 0 saturated heterocycles. The zero-order chi connectivity index (χ0) is 10.8. The lowest BCUT2D eigenvalue weighted by Crippen LogP contribution is -2.30. The summed E-state index contributed by atoms with van der Waals surface area (Å²) < 4.78 is 37.1. The van der Waals surface area contributed by atoms with E-state index < -0.39 is 18.0 Å². The Morgan fingerprint density at radius 3 is 2.71 bits per heavy atom. The highest BCUT2D eigenvalue weighted by atomic mass is 32.2. The number of hydrogen-bond acceptors (Lipinski definition) is 4. The minimum atomic E-state index is -4.58. The lowest BCUT2D eigenvalue weighted by molar-refractivity contribution is -0.195. The number of aryl methyl sites for hydroxylation is 1. The van der Waals surface area contributed by atoms with Crippen molar-refractivity contribution in [2.45, 2.75) is 17.4 Å². The van der Waals surface area contributed by atoms with Crippen LogP contribution in [0.4, 0.5) is 13.2 Å². The summed E-state index contributed by atoms with van der Waals surface area (Å²) >= 11 is 0.808. The third-order valence-corrected chi connectivity index (χ3v) is 2.53. The van der Waals surface area contributed by atoms with Gasteiger partial charge in [-0.15, -0.1) is 10.2 Å². The fraction of sp³-hybridized carbons (Fsp3) is 0.667. The zero-order valence-corrected chi connectivity index (χ0v) is 8.01. The fourth-order valence-electron chi connectivity index (χ4n) is 0.651. The number of thioether (sulfide) groups is 1. The van der Waals surface area contributed by atoms with Gasteiger partial charge in [-0.05, 0) is 0 Å². The van der Waals surface area contributed by atoms with Crippen LogP contribution in [0.25, 0.3) is 0 Å². The van der Waals surface area contributed by atoms with E-state index in [1.54, 1.807) is 7.05 Å². The molecular formula is C6H8F3N3OS. The zero-order valence-electron chi connectivity index (χ0n) is 7.19. The molecule has 0 aliphatic rings.